The van der Waals surface area contributed by atoms with E-state index in [1.54, 1.807) is 0 Å². The molecule has 0 bridgehead atoms. The second kappa shape index (κ2) is 9.39. The zero-order valence-electron chi connectivity index (χ0n) is 12.8. The molecule has 2 atom stereocenters. The van der Waals surface area contributed by atoms with E-state index < -0.39 is 0 Å². The Kier molecular flexibility index (Phi) is 9.12. The monoisotopic (exact) mass is 283 g/mol. The number of unbranched alkanes of at least 4 members (excludes halogenated alkanes) is 3. The summed E-state index contributed by atoms with van der Waals surface area (Å²) in [6, 6.07) is 10.6. The van der Waals surface area contributed by atoms with Crippen LogP contribution >= 0.6 is 11.6 Å². The number of hydrogen-bond donors (Lipinski definition) is 1. The van der Waals surface area contributed by atoms with Crippen LogP contribution in [0.2, 0.25) is 0 Å². The van der Waals surface area contributed by atoms with Gasteiger partial charge in [0.2, 0.25) is 0 Å². The van der Waals surface area contributed by atoms with Gasteiger partial charge in [0.15, 0.2) is 0 Å². The fourth-order valence-corrected chi connectivity index (χ4v) is 2.61. The molecule has 0 saturated heterocycles. The van der Waals surface area contributed by atoms with Crippen LogP contribution in [0.3, 0.4) is 0 Å². The highest BCUT2D eigenvalue weighted by atomic mass is 35.5. The first-order valence-electron chi connectivity index (χ1n) is 7.29. The molecule has 3 N–H and O–H groups in total. The lowest BCUT2D eigenvalue weighted by Crippen LogP contribution is -2.29. The van der Waals surface area contributed by atoms with E-state index >= 15 is 0 Å². The maximum absolute atomic E-state index is 6.73. The summed E-state index contributed by atoms with van der Waals surface area (Å²) >= 11 is 6.73. The first-order chi connectivity index (χ1) is 8.56. The lowest BCUT2D eigenvalue weighted by Gasteiger charge is -2.29. The van der Waals surface area contributed by atoms with Gasteiger partial charge in [0.25, 0.3) is 0 Å². The van der Waals surface area contributed by atoms with E-state index in [4.69, 9.17) is 11.6 Å². The molecule has 1 nitrogen and oxygen atoms in total. The van der Waals surface area contributed by atoms with Crippen molar-refractivity contribution in [1.29, 1.82) is 0 Å². The quantitative estimate of drug-likeness (QED) is 0.461. The van der Waals surface area contributed by atoms with Crippen molar-refractivity contribution in [1.82, 2.24) is 6.15 Å². The topological polar surface area (TPSA) is 35.0 Å². The van der Waals surface area contributed by atoms with Crippen LogP contribution in [-0.4, -0.2) is 4.87 Å². The Balaban J connectivity index is 0.00000324. The minimum absolute atomic E-state index is 0. The highest BCUT2D eigenvalue weighted by Gasteiger charge is 2.28. The van der Waals surface area contributed by atoms with Gasteiger partial charge in [-0.15, -0.1) is 11.6 Å². The summed E-state index contributed by atoms with van der Waals surface area (Å²) in [6.45, 7) is 6.73. The number of rotatable bonds is 8. The minimum Gasteiger partial charge on any atom is -0.344 e. The summed E-state index contributed by atoms with van der Waals surface area (Å²) in [6.07, 6.45) is 7.52. The summed E-state index contributed by atoms with van der Waals surface area (Å²) in [5, 5.41) is 0. The SMILES string of the molecule is CCCCCCC(C)C(C)(Cl)Cc1ccccc1.N. The second-order valence-corrected chi connectivity index (χ2v) is 6.55. The molecular weight excluding hydrogens is 254 g/mol. The van der Waals surface area contributed by atoms with Gasteiger partial charge in [-0.1, -0.05) is 69.9 Å². The first-order valence-corrected chi connectivity index (χ1v) is 7.67. The van der Waals surface area contributed by atoms with Crippen molar-refractivity contribution in [3.8, 4) is 0 Å². The van der Waals surface area contributed by atoms with Crippen LogP contribution in [0.15, 0.2) is 30.3 Å². The fourth-order valence-electron chi connectivity index (χ4n) is 2.35. The molecule has 19 heavy (non-hydrogen) atoms. The predicted molar refractivity (Wildman–Crippen MR) is 87.3 cm³/mol. The molecule has 0 aliphatic rings. The van der Waals surface area contributed by atoms with Gasteiger partial charge in [-0.05, 0) is 31.2 Å². The molecule has 2 heteroatoms. The molecular formula is C17H30ClN. The van der Waals surface area contributed by atoms with Crippen molar-refractivity contribution in [2.24, 2.45) is 5.92 Å². The van der Waals surface area contributed by atoms with Gasteiger partial charge < -0.3 is 6.15 Å². The van der Waals surface area contributed by atoms with Gasteiger partial charge in [-0.2, -0.15) is 0 Å². The van der Waals surface area contributed by atoms with Crippen LogP contribution in [0, 0.1) is 5.92 Å². The first kappa shape index (κ1) is 18.5. The predicted octanol–water partition coefficient (Wildman–Crippen LogP) is 6.00. The molecule has 0 aromatic heterocycles. The van der Waals surface area contributed by atoms with Crippen LogP contribution in [0.5, 0.6) is 0 Å². The van der Waals surface area contributed by atoms with E-state index in [0.717, 1.165) is 6.42 Å². The zero-order valence-corrected chi connectivity index (χ0v) is 13.5. The van der Waals surface area contributed by atoms with E-state index in [9.17, 15) is 0 Å². The van der Waals surface area contributed by atoms with E-state index in [2.05, 4.69) is 51.1 Å². The molecule has 0 aliphatic carbocycles. The molecule has 1 rings (SSSR count). The zero-order chi connectivity index (χ0) is 13.4. The average molecular weight is 284 g/mol. The van der Waals surface area contributed by atoms with Gasteiger partial charge in [0.05, 0.1) is 0 Å². The third-order valence-corrected chi connectivity index (χ3v) is 4.42. The van der Waals surface area contributed by atoms with E-state index in [1.807, 2.05) is 0 Å². The Hall–Kier alpha value is -0.530. The summed E-state index contributed by atoms with van der Waals surface area (Å²) in [5.74, 6) is 0.566. The molecule has 0 spiro atoms. The largest absolute Gasteiger partial charge is 0.344 e. The van der Waals surface area contributed by atoms with Crippen molar-refractivity contribution in [2.75, 3.05) is 0 Å². The number of halogens is 1. The molecule has 0 radical (unpaired) electrons. The third-order valence-electron chi connectivity index (χ3n) is 3.91. The Morgan fingerprint density at radius 1 is 1.11 bits per heavy atom. The van der Waals surface area contributed by atoms with Crippen molar-refractivity contribution < 1.29 is 0 Å². The van der Waals surface area contributed by atoms with Crippen molar-refractivity contribution in [3.63, 3.8) is 0 Å². The van der Waals surface area contributed by atoms with Crippen molar-refractivity contribution >= 4 is 11.6 Å². The van der Waals surface area contributed by atoms with Crippen molar-refractivity contribution in [2.45, 2.75) is 64.2 Å². The maximum Gasteiger partial charge on any atom is 0.0484 e. The van der Waals surface area contributed by atoms with Gasteiger partial charge >= 0.3 is 0 Å². The molecule has 1 aromatic rings. The molecule has 0 heterocycles. The number of alkyl halides is 1. The smallest absolute Gasteiger partial charge is 0.0484 e. The van der Waals surface area contributed by atoms with E-state index in [0.29, 0.717) is 5.92 Å². The van der Waals surface area contributed by atoms with Crippen LogP contribution in [0.1, 0.15) is 58.4 Å². The van der Waals surface area contributed by atoms with Gasteiger partial charge in [0, 0.05) is 4.87 Å². The fraction of sp³-hybridized carbons (Fsp3) is 0.647. The molecule has 0 aliphatic heterocycles. The van der Waals surface area contributed by atoms with Crippen LogP contribution < -0.4 is 6.15 Å². The summed E-state index contributed by atoms with van der Waals surface area (Å²) in [4.78, 5) is -0.117. The lowest BCUT2D eigenvalue weighted by molar-refractivity contribution is 0.378. The summed E-state index contributed by atoms with van der Waals surface area (Å²) in [7, 11) is 0. The highest BCUT2D eigenvalue weighted by Crippen LogP contribution is 2.32. The summed E-state index contributed by atoms with van der Waals surface area (Å²) in [5.41, 5.74) is 1.34. The molecule has 0 saturated carbocycles. The molecule has 2 unspecified atom stereocenters. The average Bonchev–Trinajstić information content (AvgIpc) is 2.35. The maximum atomic E-state index is 6.73. The third kappa shape index (κ3) is 6.98. The van der Waals surface area contributed by atoms with Gasteiger partial charge in [-0.3, -0.25) is 0 Å². The minimum atomic E-state index is -0.117. The Morgan fingerprint density at radius 3 is 2.32 bits per heavy atom. The highest BCUT2D eigenvalue weighted by molar-refractivity contribution is 6.24. The van der Waals surface area contributed by atoms with Crippen molar-refractivity contribution in [3.05, 3.63) is 35.9 Å². The van der Waals surface area contributed by atoms with E-state index in [-0.39, 0.29) is 11.0 Å². The van der Waals surface area contributed by atoms with Crippen LogP contribution in [-0.2, 0) is 6.42 Å². The Bertz CT molecular complexity index is 321. The number of hydrogen-bond acceptors (Lipinski definition) is 1. The molecule has 1 aromatic carbocycles. The van der Waals surface area contributed by atoms with Gasteiger partial charge in [0.1, 0.15) is 0 Å². The lowest BCUT2D eigenvalue weighted by atomic mass is 9.85. The molecule has 0 amide bonds. The standard InChI is InChI=1S/C17H27Cl.H3N/c1-4-5-6-8-11-15(2)17(3,18)14-16-12-9-7-10-13-16;/h7,9-10,12-13,15H,4-6,8,11,14H2,1-3H3;1H3. The van der Waals surface area contributed by atoms with E-state index in [1.165, 1.54) is 37.7 Å². The van der Waals surface area contributed by atoms with Gasteiger partial charge in [-0.25, -0.2) is 0 Å². The number of benzene rings is 1. The Labute approximate surface area is 124 Å². The van der Waals surface area contributed by atoms with Crippen LogP contribution in [0.25, 0.3) is 0 Å². The molecule has 110 valence electrons. The normalized spacial score (nSPS) is 15.4. The Morgan fingerprint density at radius 2 is 1.74 bits per heavy atom. The van der Waals surface area contributed by atoms with Crippen LogP contribution in [0.4, 0.5) is 0 Å². The summed E-state index contributed by atoms with van der Waals surface area (Å²) < 4.78 is 0. The second-order valence-electron chi connectivity index (χ2n) is 5.69. The molecule has 0 fully saturated rings.